The van der Waals surface area contributed by atoms with Gasteiger partial charge < -0.3 is 14.0 Å². The van der Waals surface area contributed by atoms with E-state index in [4.69, 9.17) is 9.72 Å². The van der Waals surface area contributed by atoms with Gasteiger partial charge in [0.2, 0.25) is 0 Å². The number of methoxy groups -OCH3 is 1. The van der Waals surface area contributed by atoms with Gasteiger partial charge in [0, 0.05) is 30.3 Å². The normalized spacial score (nSPS) is 12.0. The molecule has 2 heterocycles. The molecule has 7 heteroatoms. The van der Waals surface area contributed by atoms with Crippen molar-refractivity contribution in [2.75, 3.05) is 7.11 Å². The average Bonchev–Trinajstić information content (AvgIpc) is 2.96. The van der Waals surface area contributed by atoms with E-state index in [9.17, 15) is 13.2 Å². The minimum atomic E-state index is -4.76. The van der Waals surface area contributed by atoms with Crippen LogP contribution in [0.3, 0.4) is 0 Å². The number of halogens is 3. The Balaban J connectivity index is 2.13. The van der Waals surface area contributed by atoms with E-state index in [1.54, 1.807) is 6.07 Å². The van der Waals surface area contributed by atoms with Gasteiger partial charge in [0.15, 0.2) is 0 Å². The van der Waals surface area contributed by atoms with Crippen molar-refractivity contribution in [3.63, 3.8) is 0 Å². The molecule has 2 aromatic heterocycles. The van der Waals surface area contributed by atoms with E-state index in [0.29, 0.717) is 17.2 Å². The molecule has 0 saturated carbocycles. The molecule has 0 N–H and O–H groups in total. The molecule has 0 aliphatic heterocycles. The highest BCUT2D eigenvalue weighted by atomic mass is 19.4. The quantitative estimate of drug-likeness (QED) is 0.478. The van der Waals surface area contributed by atoms with Crippen LogP contribution in [0.15, 0.2) is 30.5 Å². The summed E-state index contributed by atoms with van der Waals surface area (Å²) >= 11 is 0. The Morgan fingerprint density at radius 1 is 1.14 bits per heavy atom. The lowest BCUT2D eigenvalue weighted by Gasteiger charge is -2.15. The van der Waals surface area contributed by atoms with E-state index in [2.05, 4.69) is 30.8 Å². The first-order chi connectivity index (χ1) is 13.7. The second-order valence-electron chi connectivity index (χ2n) is 7.14. The molecule has 0 bridgehead atoms. The van der Waals surface area contributed by atoms with E-state index in [1.165, 1.54) is 24.8 Å². The first-order valence-electron chi connectivity index (χ1n) is 9.59. The van der Waals surface area contributed by atoms with Gasteiger partial charge in [-0.25, -0.2) is 4.98 Å². The largest absolute Gasteiger partial charge is 0.573 e. The summed E-state index contributed by atoms with van der Waals surface area (Å²) < 4.78 is 48.9. The number of benzene rings is 1. The van der Waals surface area contributed by atoms with E-state index in [0.717, 1.165) is 29.4 Å². The predicted octanol–water partition coefficient (Wildman–Crippen LogP) is 6.36. The maximum atomic E-state index is 12.5. The van der Waals surface area contributed by atoms with Gasteiger partial charge in [0.05, 0.1) is 12.8 Å². The summed E-state index contributed by atoms with van der Waals surface area (Å²) in [5.74, 6) is 0.405. The van der Waals surface area contributed by atoms with Gasteiger partial charge in [-0.2, -0.15) is 0 Å². The van der Waals surface area contributed by atoms with Gasteiger partial charge in [0.1, 0.15) is 17.1 Å². The van der Waals surface area contributed by atoms with Crippen LogP contribution >= 0.6 is 0 Å². The topological polar surface area (TPSA) is 36.3 Å². The Morgan fingerprint density at radius 3 is 2.41 bits per heavy atom. The lowest BCUT2D eigenvalue weighted by molar-refractivity contribution is -0.274. The van der Waals surface area contributed by atoms with Crippen molar-refractivity contribution in [2.45, 2.75) is 45.9 Å². The third-order valence-corrected chi connectivity index (χ3v) is 5.26. The van der Waals surface area contributed by atoms with E-state index < -0.39 is 6.36 Å². The molecule has 0 fully saturated rings. The summed E-state index contributed by atoms with van der Waals surface area (Å²) in [7, 11) is 3.37. The summed E-state index contributed by atoms with van der Waals surface area (Å²) in [6, 6.07) is 6.16. The summed E-state index contributed by atoms with van der Waals surface area (Å²) in [5.41, 5.74) is 4.33. The van der Waals surface area contributed by atoms with Crippen molar-refractivity contribution in [1.82, 2.24) is 9.55 Å². The molecule has 4 nitrogen and oxygen atoms in total. The molecular formula is C22H25F3N2O2. The van der Waals surface area contributed by atoms with E-state index in [1.807, 2.05) is 18.5 Å². The number of aromatic nitrogens is 2. The third kappa shape index (κ3) is 4.18. The molecule has 0 saturated heterocycles. The maximum absolute atomic E-state index is 12.5. The fourth-order valence-corrected chi connectivity index (χ4v) is 3.82. The number of hydrogen-bond acceptors (Lipinski definition) is 3. The van der Waals surface area contributed by atoms with Crippen molar-refractivity contribution in [3.8, 4) is 22.8 Å². The molecule has 0 radical (unpaired) electrons. The zero-order valence-corrected chi connectivity index (χ0v) is 17.2. The van der Waals surface area contributed by atoms with Crippen molar-refractivity contribution in [3.05, 3.63) is 41.6 Å². The molecule has 0 aliphatic carbocycles. The van der Waals surface area contributed by atoms with Crippen molar-refractivity contribution >= 4 is 11.0 Å². The summed E-state index contributed by atoms with van der Waals surface area (Å²) in [4.78, 5) is 4.85. The summed E-state index contributed by atoms with van der Waals surface area (Å²) in [6.45, 7) is 6.30. The van der Waals surface area contributed by atoms with Gasteiger partial charge in [-0.05, 0) is 55.0 Å². The number of ether oxygens (including phenoxy) is 2. The molecule has 1 aromatic carbocycles. The minimum absolute atomic E-state index is 0.274. The molecular weight excluding hydrogens is 381 g/mol. The van der Waals surface area contributed by atoms with Crippen LogP contribution in [0, 0.1) is 6.92 Å². The van der Waals surface area contributed by atoms with Gasteiger partial charge in [-0.3, -0.25) is 0 Å². The molecule has 0 atom stereocenters. The molecule has 0 amide bonds. The molecule has 0 unspecified atom stereocenters. The molecule has 0 aliphatic rings. The summed E-state index contributed by atoms with van der Waals surface area (Å²) in [5, 5.41) is 1.11. The zero-order chi connectivity index (χ0) is 21.3. The molecule has 3 aromatic rings. The first-order valence-corrected chi connectivity index (χ1v) is 9.59. The highest BCUT2D eigenvalue weighted by Crippen LogP contribution is 2.38. The van der Waals surface area contributed by atoms with Crippen LogP contribution in [0.1, 0.15) is 43.7 Å². The Morgan fingerprint density at radius 2 is 1.83 bits per heavy atom. The Kier molecular flexibility index (Phi) is 5.78. The number of nitrogens with zero attached hydrogens (tertiary/aromatic N) is 2. The zero-order valence-electron chi connectivity index (χ0n) is 17.2. The van der Waals surface area contributed by atoms with Gasteiger partial charge >= 0.3 is 6.36 Å². The number of rotatable bonds is 6. The number of alkyl halides is 3. The molecule has 0 spiro atoms. The standard InChI is InChI=1S/C22H25F3N2O2/c1-6-14(7-2)18-12-27(4)21-17(18)10-13(3)20(26-21)16-9-8-15(11-19(16)28-5)29-22(23,24)25/h8-12,14H,6-7H2,1-5H3. The predicted molar refractivity (Wildman–Crippen MR) is 107 cm³/mol. The van der Waals surface area contributed by atoms with E-state index >= 15 is 0 Å². The van der Waals surface area contributed by atoms with Crippen LogP contribution in [0.2, 0.25) is 0 Å². The molecule has 156 valence electrons. The molecule has 29 heavy (non-hydrogen) atoms. The van der Waals surface area contributed by atoms with Crippen LogP contribution in [0.4, 0.5) is 13.2 Å². The number of pyridine rings is 1. The Labute approximate surface area is 168 Å². The highest BCUT2D eigenvalue weighted by Gasteiger charge is 2.31. The third-order valence-electron chi connectivity index (χ3n) is 5.26. The fourth-order valence-electron chi connectivity index (χ4n) is 3.82. The van der Waals surface area contributed by atoms with Crippen LogP contribution in [-0.4, -0.2) is 23.0 Å². The van der Waals surface area contributed by atoms with Crippen molar-refractivity contribution in [1.29, 1.82) is 0 Å². The van der Waals surface area contributed by atoms with E-state index in [-0.39, 0.29) is 11.5 Å². The maximum Gasteiger partial charge on any atom is 0.573 e. The van der Waals surface area contributed by atoms with Crippen molar-refractivity contribution in [2.24, 2.45) is 7.05 Å². The fraction of sp³-hybridized carbons (Fsp3) is 0.409. The highest BCUT2D eigenvalue weighted by molar-refractivity contribution is 5.86. The smallest absolute Gasteiger partial charge is 0.496 e. The second-order valence-corrected chi connectivity index (χ2v) is 7.14. The van der Waals surface area contributed by atoms with Gasteiger partial charge in [-0.1, -0.05) is 13.8 Å². The van der Waals surface area contributed by atoms with Gasteiger partial charge in [-0.15, -0.1) is 13.2 Å². The average molecular weight is 406 g/mol. The van der Waals surface area contributed by atoms with Crippen LogP contribution in [-0.2, 0) is 7.05 Å². The minimum Gasteiger partial charge on any atom is -0.496 e. The van der Waals surface area contributed by atoms with Crippen molar-refractivity contribution < 1.29 is 22.6 Å². The summed E-state index contributed by atoms with van der Waals surface area (Å²) in [6.07, 6.45) is -0.542. The SMILES string of the molecule is CCC(CC)c1cn(C)c2nc(-c3ccc(OC(F)(F)F)cc3OC)c(C)cc12. The Bertz CT molecular complexity index is 1020. The molecule has 3 rings (SSSR count). The number of fused-ring (bicyclic) bond motifs is 1. The first kappa shape index (κ1) is 21.0. The van der Waals surface area contributed by atoms with Crippen LogP contribution in [0.5, 0.6) is 11.5 Å². The lowest BCUT2D eigenvalue weighted by atomic mass is 9.93. The van der Waals surface area contributed by atoms with Gasteiger partial charge in [0.25, 0.3) is 0 Å². The monoisotopic (exact) mass is 406 g/mol. The number of hydrogen-bond donors (Lipinski definition) is 0. The Hall–Kier alpha value is -2.70. The van der Waals surface area contributed by atoms with Crippen LogP contribution in [0.25, 0.3) is 22.3 Å². The lowest BCUT2D eigenvalue weighted by Crippen LogP contribution is -2.17. The second kappa shape index (κ2) is 7.97. The number of aryl methyl sites for hydroxylation is 2. The van der Waals surface area contributed by atoms with Crippen LogP contribution < -0.4 is 9.47 Å².